The summed E-state index contributed by atoms with van der Waals surface area (Å²) < 4.78 is 0. The molecule has 1 saturated heterocycles. The monoisotopic (exact) mass is 185 g/mol. The van der Waals surface area contributed by atoms with Crippen LogP contribution in [0.1, 0.15) is 33.1 Å². The minimum Gasteiger partial charge on any atom is -0.394 e. The van der Waals surface area contributed by atoms with Gasteiger partial charge in [-0.15, -0.1) is 0 Å². The smallest absolute Gasteiger partial charge is 0.222 e. The third-order valence-electron chi connectivity index (χ3n) is 2.51. The highest BCUT2D eigenvalue weighted by atomic mass is 16.3. The molecule has 1 aliphatic heterocycles. The van der Waals surface area contributed by atoms with Crippen LogP contribution < -0.4 is 0 Å². The first kappa shape index (κ1) is 10.5. The summed E-state index contributed by atoms with van der Waals surface area (Å²) in [6.45, 7) is 5.16. The van der Waals surface area contributed by atoms with Gasteiger partial charge < -0.3 is 10.0 Å². The molecule has 3 nitrogen and oxygen atoms in total. The van der Waals surface area contributed by atoms with E-state index >= 15 is 0 Å². The first-order chi connectivity index (χ1) is 6.15. The third-order valence-corrected chi connectivity index (χ3v) is 2.51. The van der Waals surface area contributed by atoms with Crippen molar-refractivity contribution >= 4 is 5.91 Å². The van der Waals surface area contributed by atoms with Gasteiger partial charge in [-0.2, -0.15) is 0 Å². The maximum Gasteiger partial charge on any atom is 0.222 e. The van der Waals surface area contributed by atoms with Gasteiger partial charge in [0.1, 0.15) is 0 Å². The molecule has 0 spiro atoms. The Bertz CT molecular complexity index is 180. The fourth-order valence-corrected chi connectivity index (χ4v) is 1.90. The normalized spacial score (nSPS) is 20.0. The molecule has 0 radical (unpaired) electrons. The lowest BCUT2D eigenvalue weighted by molar-refractivity contribution is -0.130. The number of carbonyl (C=O) groups excluding carboxylic acids is 1. The Balaban J connectivity index is 2.49. The Morgan fingerprint density at radius 2 is 2.23 bits per heavy atom. The summed E-state index contributed by atoms with van der Waals surface area (Å²) in [5, 5.41) is 9.16. The minimum atomic E-state index is 0.0509. The average Bonchev–Trinajstić information content (AvgIpc) is 2.47. The summed E-state index contributed by atoms with van der Waals surface area (Å²) in [5.74, 6) is 0.741. The average molecular weight is 185 g/mol. The van der Waals surface area contributed by atoms with Crippen molar-refractivity contribution in [2.75, 3.05) is 13.2 Å². The molecular weight excluding hydrogens is 166 g/mol. The second kappa shape index (κ2) is 4.61. The molecule has 1 atom stereocenters. The quantitative estimate of drug-likeness (QED) is 0.710. The van der Waals surface area contributed by atoms with Gasteiger partial charge in [0.15, 0.2) is 0 Å². The van der Waals surface area contributed by atoms with Crippen LogP contribution in [0.4, 0.5) is 0 Å². The lowest BCUT2D eigenvalue weighted by Crippen LogP contribution is -2.39. The summed E-state index contributed by atoms with van der Waals surface area (Å²) in [6, 6.07) is 0.0509. The number of nitrogens with zero attached hydrogens (tertiary/aromatic N) is 1. The van der Waals surface area contributed by atoms with E-state index in [-0.39, 0.29) is 18.6 Å². The van der Waals surface area contributed by atoms with Crippen LogP contribution in [0.5, 0.6) is 0 Å². The van der Waals surface area contributed by atoms with Crippen LogP contribution in [0.15, 0.2) is 0 Å². The Morgan fingerprint density at radius 3 is 2.62 bits per heavy atom. The van der Waals surface area contributed by atoms with E-state index < -0.39 is 0 Å². The highest BCUT2D eigenvalue weighted by Crippen LogP contribution is 2.18. The molecule has 0 aromatic heterocycles. The van der Waals surface area contributed by atoms with Gasteiger partial charge in [-0.1, -0.05) is 13.8 Å². The Labute approximate surface area is 79.7 Å². The van der Waals surface area contributed by atoms with Crippen molar-refractivity contribution in [1.82, 2.24) is 4.90 Å². The Hall–Kier alpha value is -0.570. The van der Waals surface area contributed by atoms with Crippen molar-refractivity contribution in [3.8, 4) is 0 Å². The first-order valence-corrected chi connectivity index (χ1v) is 5.05. The van der Waals surface area contributed by atoms with E-state index in [0.717, 1.165) is 19.4 Å². The van der Waals surface area contributed by atoms with E-state index in [9.17, 15) is 4.79 Å². The maximum atomic E-state index is 11.4. The van der Waals surface area contributed by atoms with Crippen molar-refractivity contribution in [3.05, 3.63) is 0 Å². The number of likely N-dealkylation sites (tertiary alicyclic amines) is 1. The van der Waals surface area contributed by atoms with Crippen LogP contribution in [-0.2, 0) is 4.79 Å². The van der Waals surface area contributed by atoms with Gasteiger partial charge in [0.25, 0.3) is 0 Å². The van der Waals surface area contributed by atoms with Crippen LogP contribution in [0.2, 0.25) is 0 Å². The van der Waals surface area contributed by atoms with E-state index in [1.54, 1.807) is 0 Å². The van der Waals surface area contributed by atoms with E-state index in [2.05, 4.69) is 13.8 Å². The van der Waals surface area contributed by atoms with Gasteiger partial charge >= 0.3 is 0 Å². The van der Waals surface area contributed by atoms with Crippen LogP contribution >= 0.6 is 0 Å². The van der Waals surface area contributed by atoms with Gasteiger partial charge in [0, 0.05) is 13.0 Å². The van der Waals surface area contributed by atoms with Crippen LogP contribution in [0.25, 0.3) is 0 Å². The highest BCUT2D eigenvalue weighted by Gasteiger charge is 2.27. The standard InChI is InChI=1S/C10H19NO2/c1-8(2)6-9(7-12)11-5-3-4-10(11)13/h8-9,12H,3-7H2,1-2H3/t9-/m1/s1. The number of rotatable bonds is 4. The van der Waals surface area contributed by atoms with E-state index in [4.69, 9.17) is 5.11 Å². The molecule has 3 heteroatoms. The van der Waals surface area contributed by atoms with Gasteiger partial charge in [-0.05, 0) is 18.8 Å². The highest BCUT2D eigenvalue weighted by molar-refractivity contribution is 5.78. The zero-order valence-electron chi connectivity index (χ0n) is 8.49. The summed E-state index contributed by atoms with van der Waals surface area (Å²) >= 11 is 0. The van der Waals surface area contributed by atoms with Crippen molar-refractivity contribution < 1.29 is 9.90 Å². The lowest BCUT2D eigenvalue weighted by Gasteiger charge is -2.27. The zero-order valence-corrected chi connectivity index (χ0v) is 8.49. The maximum absolute atomic E-state index is 11.4. The molecule has 0 bridgehead atoms. The molecular formula is C10H19NO2. The van der Waals surface area contributed by atoms with Crippen LogP contribution in [0, 0.1) is 5.92 Å². The van der Waals surface area contributed by atoms with E-state index in [1.807, 2.05) is 4.90 Å². The van der Waals surface area contributed by atoms with Crippen molar-refractivity contribution in [2.24, 2.45) is 5.92 Å². The van der Waals surface area contributed by atoms with Gasteiger partial charge in [-0.3, -0.25) is 4.79 Å². The fourth-order valence-electron chi connectivity index (χ4n) is 1.90. The van der Waals surface area contributed by atoms with Crippen molar-refractivity contribution in [2.45, 2.75) is 39.2 Å². The number of hydrogen-bond donors (Lipinski definition) is 1. The Kier molecular flexibility index (Phi) is 3.72. The molecule has 13 heavy (non-hydrogen) atoms. The summed E-state index contributed by atoms with van der Waals surface area (Å²) in [4.78, 5) is 13.2. The van der Waals surface area contributed by atoms with E-state index in [1.165, 1.54) is 0 Å². The predicted octanol–water partition coefficient (Wildman–Crippen LogP) is 1.02. The molecule has 0 saturated carbocycles. The molecule has 1 amide bonds. The number of carbonyl (C=O) groups is 1. The minimum absolute atomic E-state index is 0.0509. The van der Waals surface area contributed by atoms with Crippen LogP contribution in [0.3, 0.4) is 0 Å². The SMILES string of the molecule is CC(C)C[C@H](CO)N1CCCC1=O. The van der Waals surface area contributed by atoms with Crippen molar-refractivity contribution in [3.63, 3.8) is 0 Å². The Morgan fingerprint density at radius 1 is 1.54 bits per heavy atom. The molecule has 0 unspecified atom stereocenters. The summed E-state index contributed by atoms with van der Waals surface area (Å²) in [5.41, 5.74) is 0. The number of aliphatic hydroxyl groups is 1. The van der Waals surface area contributed by atoms with Crippen molar-refractivity contribution in [1.29, 1.82) is 0 Å². The molecule has 76 valence electrons. The first-order valence-electron chi connectivity index (χ1n) is 5.05. The zero-order chi connectivity index (χ0) is 9.84. The number of amides is 1. The second-order valence-corrected chi connectivity index (χ2v) is 4.16. The summed E-state index contributed by atoms with van der Waals surface area (Å²) in [7, 11) is 0. The van der Waals surface area contributed by atoms with E-state index in [0.29, 0.717) is 12.3 Å². The molecule has 1 aliphatic rings. The fraction of sp³-hybridized carbons (Fsp3) is 0.900. The second-order valence-electron chi connectivity index (χ2n) is 4.16. The molecule has 0 aromatic carbocycles. The molecule has 1 N–H and O–H groups in total. The molecule has 1 heterocycles. The van der Waals surface area contributed by atoms with Gasteiger partial charge in [0.05, 0.1) is 12.6 Å². The number of hydrogen-bond acceptors (Lipinski definition) is 2. The lowest BCUT2D eigenvalue weighted by atomic mass is 10.0. The topological polar surface area (TPSA) is 40.5 Å². The summed E-state index contributed by atoms with van der Waals surface area (Å²) in [6.07, 6.45) is 2.52. The molecule has 1 rings (SSSR count). The third kappa shape index (κ3) is 2.69. The van der Waals surface area contributed by atoms with Crippen LogP contribution in [-0.4, -0.2) is 35.1 Å². The number of aliphatic hydroxyl groups excluding tert-OH is 1. The van der Waals surface area contributed by atoms with Gasteiger partial charge in [-0.25, -0.2) is 0 Å². The molecule has 0 aromatic rings. The molecule has 1 fully saturated rings. The largest absolute Gasteiger partial charge is 0.394 e. The predicted molar refractivity (Wildman–Crippen MR) is 51.3 cm³/mol. The van der Waals surface area contributed by atoms with Gasteiger partial charge in [0.2, 0.25) is 5.91 Å². The molecule has 0 aliphatic carbocycles.